The summed E-state index contributed by atoms with van der Waals surface area (Å²) in [4.78, 5) is 28.2. The van der Waals surface area contributed by atoms with E-state index in [9.17, 15) is 18.0 Å². The molecule has 1 unspecified atom stereocenters. The molecule has 0 spiro atoms. The smallest absolute Gasteiger partial charge is 0.245 e. The van der Waals surface area contributed by atoms with Crippen LogP contribution in [0, 0.1) is 0 Å². The Bertz CT molecular complexity index is 560. The molecule has 25 heavy (non-hydrogen) atoms. The fraction of sp³-hybridized carbons (Fsp3) is 0.875. The molecule has 144 valence electrons. The van der Waals surface area contributed by atoms with Crippen molar-refractivity contribution in [2.75, 3.05) is 49.7 Å². The van der Waals surface area contributed by atoms with Crippen LogP contribution in [0.5, 0.6) is 0 Å². The molecule has 2 aliphatic rings. The number of piperazine rings is 1. The molecule has 0 aromatic heterocycles. The number of sulfone groups is 1. The second-order valence-corrected chi connectivity index (χ2v) is 10.1. The standard InChI is InChI=1S/C16H29N3O4S2/c1-13(20)17-15(3-10-24-2)16(21)19-8-6-18(7-9-19)14-4-11-25(22,23)12-5-14/h14-15H,3-12H2,1-2H3,(H,17,20). The summed E-state index contributed by atoms with van der Waals surface area (Å²) in [6.07, 6.45) is 4.01. The number of hydrogen-bond donors (Lipinski definition) is 1. The second-order valence-electron chi connectivity index (χ2n) is 6.78. The van der Waals surface area contributed by atoms with E-state index >= 15 is 0 Å². The lowest BCUT2D eigenvalue weighted by atomic mass is 10.1. The number of thioether (sulfide) groups is 1. The van der Waals surface area contributed by atoms with Crippen molar-refractivity contribution in [2.45, 2.75) is 38.3 Å². The lowest BCUT2D eigenvalue weighted by molar-refractivity contribution is -0.138. The van der Waals surface area contributed by atoms with Crippen molar-refractivity contribution >= 4 is 33.4 Å². The molecule has 2 rings (SSSR count). The lowest BCUT2D eigenvalue weighted by Gasteiger charge is -2.41. The number of carbonyl (C=O) groups is 2. The molecule has 2 amide bonds. The van der Waals surface area contributed by atoms with Gasteiger partial charge in [-0.05, 0) is 31.3 Å². The maximum Gasteiger partial charge on any atom is 0.245 e. The number of nitrogens with one attached hydrogen (secondary N) is 1. The lowest BCUT2D eigenvalue weighted by Crippen LogP contribution is -2.57. The van der Waals surface area contributed by atoms with E-state index in [0.29, 0.717) is 38.4 Å². The Morgan fingerprint density at radius 3 is 2.28 bits per heavy atom. The summed E-state index contributed by atoms with van der Waals surface area (Å²) < 4.78 is 23.1. The van der Waals surface area contributed by atoms with Gasteiger partial charge in [-0.15, -0.1) is 0 Å². The Balaban J connectivity index is 1.85. The van der Waals surface area contributed by atoms with E-state index in [0.717, 1.165) is 18.8 Å². The van der Waals surface area contributed by atoms with E-state index in [1.165, 1.54) is 6.92 Å². The normalized spacial score (nSPS) is 23.2. The molecule has 2 heterocycles. The zero-order chi connectivity index (χ0) is 18.4. The number of carbonyl (C=O) groups excluding carboxylic acids is 2. The van der Waals surface area contributed by atoms with Crippen molar-refractivity contribution in [3.8, 4) is 0 Å². The van der Waals surface area contributed by atoms with Gasteiger partial charge in [-0.3, -0.25) is 14.5 Å². The summed E-state index contributed by atoms with van der Waals surface area (Å²) in [5.74, 6) is 1.19. The van der Waals surface area contributed by atoms with Gasteiger partial charge in [0, 0.05) is 39.1 Å². The van der Waals surface area contributed by atoms with Crippen molar-refractivity contribution in [2.24, 2.45) is 0 Å². The maximum absolute atomic E-state index is 12.7. The van der Waals surface area contributed by atoms with Crippen LogP contribution in [0.4, 0.5) is 0 Å². The maximum atomic E-state index is 12.7. The van der Waals surface area contributed by atoms with Gasteiger partial charge in [0.1, 0.15) is 15.9 Å². The van der Waals surface area contributed by atoms with Gasteiger partial charge in [0.2, 0.25) is 11.8 Å². The first-order valence-electron chi connectivity index (χ1n) is 8.81. The molecule has 0 aromatic carbocycles. The second kappa shape index (κ2) is 9.23. The molecule has 1 N–H and O–H groups in total. The Morgan fingerprint density at radius 2 is 1.76 bits per heavy atom. The molecule has 7 nitrogen and oxygen atoms in total. The van der Waals surface area contributed by atoms with Crippen molar-refractivity contribution < 1.29 is 18.0 Å². The highest BCUT2D eigenvalue weighted by molar-refractivity contribution is 7.98. The fourth-order valence-electron chi connectivity index (χ4n) is 3.51. The first-order chi connectivity index (χ1) is 11.8. The first-order valence-corrected chi connectivity index (χ1v) is 12.0. The SMILES string of the molecule is CSCCC(NC(C)=O)C(=O)N1CCN(C2CCS(=O)(=O)CC2)CC1. The highest BCUT2D eigenvalue weighted by Gasteiger charge is 2.32. The average molecular weight is 392 g/mol. The van der Waals surface area contributed by atoms with Gasteiger partial charge in [-0.1, -0.05) is 0 Å². The number of amides is 2. The van der Waals surface area contributed by atoms with Crippen LogP contribution in [-0.2, 0) is 19.4 Å². The molecule has 2 saturated heterocycles. The van der Waals surface area contributed by atoms with Crippen LogP contribution in [0.25, 0.3) is 0 Å². The van der Waals surface area contributed by atoms with Crippen LogP contribution in [0.2, 0.25) is 0 Å². The van der Waals surface area contributed by atoms with Crippen molar-refractivity contribution in [3.05, 3.63) is 0 Å². The molecular formula is C16H29N3O4S2. The Morgan fingerprint density at radius 1 is 1.16 bits per heavy atom. The van der Waals surface area contributed by atoms with E-state index in [1.54, 1.807) is 11.8 Å². The van der Waals surface area contributed by atoms with Gasteiger partial charge in [0.25, 0.3) is 0 Å². The zero-order valence-electron chi connectivity index (χ0n) is 15.1. The summed E-state index contributed by atoms with van der Waals surface area (Å²) in [7, 11) is -2.84. The van der Waals surface area contributed by atoms with E-state index in [4.69, 9.17) is 0 Å². The molecule has 0 aliphatic carbocycles. The highest BCUT2D eigenvalue weighted by atomic mass is 32.2. The predicted octanol–water partition coefficient (Wildman–Crippen LogP) is -0.0344. The van der Waals surface area contributed by atoms with Crippen molar-refractivity contribution in [1.29, 1.82) is 0 Å². The van der Waals surface area contributed by atoms with Crippen LogP contribution in [-0.4, -0.2) is 91.8 Å². The Hall–Kier alpha value is -0.800. The van der Waals surface area contributed by atoms with Gasteiger partial charge < -0.3 is 10.2 Å². The third kappa shape index (κ3) is 6.14. The number of nitrogens with zero attached hydrogens (tertiary/aromatic N) is 2. The minimum Gasteiger partial charge on any atom is -0.345 e. The third-order valence-electron chi connectivity index (χ3n) is 4.95. The van der Waals surface area contributed by atoms with Crippen LogP contribution in [0.3, 0.4) is 0 Å². The van der Waals surface area contributed by atoms with Gasteiger partial charge in [0.05, 0.1) is 11.5 Å². The van der Waals surface area contributed by atoms with Gasteiger partial charge in [0.15, 0.2) is 0 Å². The molecule has 1 atom stereocenters. The largest absolute Gasteiger partial charge is 0.345 e. The molecule has 0 saturated carbocycles. The molecule has 2 aliphatic heterocycles. The van der Waals surface area contributed by atoms with E-state index in [1.807, 2.05) is 11.2 Å². The molecule has 9 heteroatoms. The summed E-state index contributed by atoms with van der Waals surface area (Å²) in [5.41, 5.74) is 0. The van der Waals surface area contributed by atoms with Crippen LogP contribution in [0.15, 0.2) is 0 Å². The highest BCUT2D eigenvalue weighted by Crippen LogP contribution is 2.20. The topological polar surface area (TPSA) is 86.8 Å². The van der Waals surface area contributed by atoms with Crippen molar-refractivity contribution in [1.82, 2.24) is 15.1 Å². The average Bonchev–Trinajstić information content (AvgIpc) is 2.58. The molecular weight excluding hydrogens is 362 g/mol. The summed E-state index contributed by atoms with van der Waals surface area (Å²) in [6, 6.07) is -0.139. The third-order valence-corrected chi connectivity index (χ3v) is 7.31. The van der Waals surface area contributed by atoms with Crippen LogP contribution < -0.4 is 5.32 Å². The predicted molar refractivity (Wildman–Crippen MR) is 100 cm³/mol. The Labute approximate surface area is 154 Å². The number of hydrogen-bond acceptors (Lipinski definition) is 6. The van der Waals surface area contributed by atoms with E-state index in [2.05, 4.69) is 10.2 Å². The van der Waals surface area contributed by atoms with Gasteiger partial charge in [-0.2, -0.15) is 11.8 Å². The van der Waals surface area contributed by atoms with Crippen LogP contribution in [0.1, 0.15) is 26.2 Å². The summed E-state index contributed by atoms with van der Waals surface area (Å²) in [6.45, 7) is 4.25. The monoisotopic (exact) mass is 391 g/mol. The number of rotatable bonds is 6. The molecule has 2 fully saturated rings. The molecule has 0 bridgehead atoms. The minimum absolute atomic E-state index is 0.00452. The van der Waals surface area contributed by atoms with Gasteiger partial charge >= 0.3 is 0 Å². The summed E-state index contributed by atoms with van der Waals surface area (Å²) in [5, 5.41) is 2.77. The first kappa shape index (κ1) is 20.5. The quantitative estimate of drug-likeness (QED) is 0.684. The molecule has 0 radical (unpaired) electrons. The Kier molecular flexibility index (Phi) is 7.57. The van der Waals surface area contributed by atoms with E-state index < -0.39 is 15.9 Å². The minimum atomic E-state index is -2.84. The molecule has 0 aromatic rings. The van der Waals surface area contributed by atoms with E-state index in [-0.39, 0.29) is 23.3 Å². The summed E-state index contributed by atoms with van der Waals surface area (Å²) >= 11 is 1.66. The zero-order valence-corrected chi connectivity index (χ0v) is 16.7. The van der Waals surface area contributed by atoms with Crippen LogP contribution >= 0.6 is 11.8 Å². The van der Waals surface area contributed by atoms with Gasteiger partial charge in [-0.25, -0.2) is 8.42 Å². The van der Waals surface area contributed by atoms with Crippen molar-refractivity contribution in [3.63, 3.8) is 0 Å². The fourth-order valence-corrected chi connectivity index (χ4v) is 5.45.